The minimum absolute atomic E-state index is 0.0428. The maximum Gasteiger partial charge on any atom is 0.106 e. The van der Waals surface area contributed by atoms with Crippen LogP contribution >= 0.6 is 0 Å². The van der Waals surface area contributed by atoms with E-state index in [1.165, 1.54) is 0 Å². The third-order valence-corrected chi connectivity index (χ3v) is 1.40. The van der Waals surface area contributed by atoms with Gasteiger partial charge in [0, 0.05) is 0 Å². The summed E-state index contributed by atoms with van der Waals surface area (Å²) in [6, 6.07) is 9.86. The summed E-state index contributed by atoms with van der Waals surface area (Å²) >= 11 is 0. The van der Waals surface area contributed by atoms with Crippen LogP contribution in [0.15, 0.2) is 30.3 Å². The summed E-state index contributed by atoms with van der Waals surface area (Å²) in [4.78, 5) is 0. The fraction of sp³-hybridized carbons (Fsp3) is 0.250. The van der Waals surface area contributed by atoms with E-state index in [1.54, 1.807) is 0 Å². The van der Waals surface area contributed by atoms with E-state index in [9.17, 15) is 0 Å². The van der Waals surface area contributed by atoms with Gasteiger partial charge < -0.3 is 4.74 Å². The number of benzene rings is 1. The Labute approximate surface area is 55.7 Å². The van der Waals surface area contributed by atoms with Crippen molar-refractivity contribution < 1.29 is 6.11 Å². The molecule has 9 heavy (non-hydrogen) atoms. The predicted molar refractivity (Wildman–Crippen MR) is 35.1 cm³/mol. The van der Waals surface area contributed by atoms with Gasteiger partial charge >= 0.3 is 0 Å². The molecule has 0 bridgehead atoms. The third-order valence-electron chi connectivity index (χ3n) is 1.40. The molecule has 0 unspecified atom stereocenters. The first-order valence-electron chi connectivity index (χ1n) is 3.58. The van der Waals surface area contributed by atoms with Crippen molar-refractivity contribution in [3.63, 3.8) is 0 Å². The molecule has 2 atom stereocenters. The van der Waals surface area contributed by atoms with Crippen molar-refractivity contribution in [1.29, 1.82) is 0 Å². The molecule has 2 rings (SSSR count). The van der Waals surface area contributed by atoms with Gasteiger partial charge in [-0.3, -0.25) is 0 Å². The Hall–Kier alpha value is -0.820. The van der Waals surface area contributed by atoms with Gasteiger partial charge in [-0.05, 0) is 5.56 Å². The molecule has 0 aromatic heterocycles. The molecule has 1 aliphatic heterocycles. The maximum atomic E-state index is 7.17. The van der Waals surface area contributed by atoms with Crippen LogP contribution in [-0.2, 0) is 4.74 Å². The van der Waals surface area contributed by atoms with Gasteiger partial charge in [-0.2, -0.15) is 0 Å². The van der Waals surface area contributed by atoms with Crippen molar-refractivity contribution >= 4 is 0 Å². The van der Waals surface area contributed by atoms with Gasteiger partial charge in [0.25, 0.3) is 0 Å². The molecule has 1 saturated heterocycles. The Bertz CT molecular complexity index is 222. The number of ether oxygens (including phenoxy) is 1. The SMILES string of the molecule is [2H][C@@H]1O[C@H]1c1ccccc1. The number of hydrogen-bond donors (Lipinski definition) is 0. The van der Waals surface area contributed by atoms with Crippen molar-refractivity contribution in [2.24, 2.45) is 0 Å². The minimum atomic E-state index is -0.317. The van der Waals surface area contributed by atoms with E-state index < -0.39 is 0 Å². The molecule has 1 aromatic carbocycles. The Kier molecular flexibility index (Phi) is 0.836. The van der Waals surface area contributed by atoms with Gasteiger partial charge in [0.15, 0.2) is 0 Å². The topological polar surface area (TPSA) is 12.5 Å². The standard InChI is InChI=1S/C8H8O/c1-2-4-7(5-3-1)8-6-9-8/h1-5,8H,6H2/t8-/m1/s1/i6D/t6-,8+/m0. The summed E-state index contributed by atoms with van der Waals surface area (Å²) in [6.45, 7) is -0.317. The molecule has 1 heteroatoms. The van der Waals surface area contributed by atoms with Gasteiger partial charge in [0.05, 0.1) is 7.95 Å². The molecule has 1 aromatic rings. The number of epoxide rings is 1. The zero-order valence-corrected chi connectivity index (χ0v) is 4.95. The van der Waals surface area contributed by atoms with E-state index in [-0.39, 0.29) is 12.7 Å². The fourth-order valence-corrected chi connectivity index (χ4v) is 0.839. The van der Waals surface area contributed by atoms with Gasteiger partial charge in [0.2, 0.25) is 0 Å². The number of rotatable bonds is 1. The summed E-state index contributed by atoms with van der Waals surface area (Å²) in [6.07, 6.45) is 0.0428. The Morgan fingerprint density at radius 3 is 2.67 bits per heavy atom. The maximum absolute atomic E-state index is 7.17. The smallest absolute Gasteiger partial charge is 0.106 e. The van der Waals surface area contributed by atoms with Crippen molar-refractivity contribution in [3.05, 3.63) is 35.9 Å². The lowest BCUT2D eigenvalue weighted by Crippen LogP contribution is -1.75. The molecule has 1 heterocycles. The number of hydrogen-bond acceptors (Lipinski definition) is 1. The lowest BCUT2D eigenvalue weighted by atomic mass is 10.2. The molecule has 1 aliphatic rings. The average Bonchev–Trinajstić information content (AvgIpc) is 2.69. The summed E-state index contributed by atoms with van der Waals surface area (Å²) in [5, 5.41) is 0. The van der Waals surface area contributed by atoms with Gasteiger partial charge in [-0.15, -0.1) is 0 Å². The molecule has 0 N–H and O–H groups in total. The Morgan fingerprint density at radius 2 is 2.11 bits per heavy atom. The van der Waals surface area contributed by atoms with Crippen LogP contribution in [0.2, 0.25) is 0 Å². The average molecular weight is 121 g/mol. The first-order chi connectivity index (χ1) is 4.88. The predicted octanol–water partition coefficient (Wildman–Crippen LogP) is 1.76. The molecule has 1 fully saturated rings. The van der Waals surface area contributed by atoms with E-state index in [1.807, 2.05) is 30.3 Å². The van der Waals surface area contributed by atoms with Crippen LogP contribution in [0.5, 0.6) is 0 Å². The second-order valence-electron chi connectivity index (χ2n) is 2.10. The zero-order chi connectivity index (χ0) is 6.97. The van der Waals surface area contributed by atoms with Crippen LogP contribution in [0.25, 0.3) is 0 Å². The quantitative estimate of drug-likeness (QED) is 0.516. The Morgan fingerprint density at radius 1 is 1.44 bits per heavy atom. The monoisotopic (exact) mass is 121 g/mol. The Balaban J connectivity index is 2.20. The van der Waals surface area contributed by atoms with Gasteiger partial charge in [-0.1, -0.05) is 30.3 Å². The lowest BCUT2D eigenvalue weighted by molar-refractivity contribution is 0.415. The van der Waals surface area contributed by atoms with Crippen molar-refractivity contribution in [3.8, 4) is 0 Å². The molecule has 1 nitrogen and oxygen atoms in total. The van der Waals surface area contributed by atoms with Crippen LogP contribution in [0.4, 0.5) is 0 Å². The normalized spacial score (nSPS) is 33.6. The second-order valence-corrected chi connectivity index (χ2v) is 2.10. The van der Waals surface area contributed by atoms with Crippen LogP contribution in [-0.4, -0.2) is 6.58 Å². The van der Waals surface area contributed by atoms with Gasteiger partial charge in [0.1, 0.15) is 6.10 Å². The zero-order valence-electron chi connectivity index (χ0n) is 5.95. The summed E-state index contributed by atoms with van der Waals surface area (Å²) in [5.41, 5.74) is 1.11. The molecular weight excluding hydrogens is 112 g/mol. The molecule has 0 amide bonds. The highest BCUT2D eigenvalue weighted by Crippen LogP contribution is 2.28. The van der Waals surface area contributed by atoms with Crippen molar-refractivity contribution in [2.45, 2.75) is 6.10 Å². The molecule has 0 spiro atoms. The van der Waals surface area contributed by atoms with E-state index in [2.05, 4.69) is 0 Å². The largest absolute Gasteiger partial charge is 0.368 e. The first kappa shape index (κ1) is 4.07. The summed E-state index contributed by atoms with van der Waals surface area (Å²) in [7, 11) is 0. The fourth-order valence-electron chi connectivity index (χ4n) is 0.839. The highest BCUT2D eigenvalue weighted by atomic mass is 16.6. The molecule has 0 aliphatic carbocycles. The third kappa shape index (κ3) is 0.958. The van der Waals surface area contributed by atoms with E-state index in [4.69, 9.17) is 6.11 Å². The summed E-state index contributed by atoms with van der Waals surface area (Å²) < 4.78 is 12.1. The molecular formula is C8H8O. The molecule has 0 radical (unpaired) electrons. The highest BCUT2D eigenvalue weighted by Gasteiger charge is 2.23. The molecule has 46 valence electrons. The van der Waals surface area contributed by atoms with Crippen LogP contribution in [0, 0.1) is 0 Å². The lowest BCUT2D eigenvalue weighted by Gasteiger charge is -1.89. The van der Waals surface area contributed by atoms with Crippen LogP contribution < -0.4 is 0 Å². The minimum Gasteiger partial charge on any atom is -0.368 e. The van der Waals surface area contributed by atoms with E-state index in [0.717, 1.165) is 5.56 Å². The first-order valence-corrected chi connectivity index (χ1v) is 3.00. The van der Waals surface area contributed by atoms with Gasteiger partial charge in [-0.25, -0.2) is 0 Å². The van der Waals surface area contributed by atoms with Crippen molar-refractivity contribution in [2.75, 3.05) is 6.58 Å². The second kappa shape index (κ2) is 1.85. The summed E-state index contributed by atoms with van der Waals surface area (Å²) in [5.74, 6) is 0. The van der Waals surface area contributed by atoms with Crippen LogP contribution in [0.1, 0.15) is 13.0 Å². The molecule has 0 saturated carbocycles. The van der Waals surface area contributed by atoms with E-state index >= 15 is 0 Å². The van der Waals surface area contributed by atoms with Crippen LogP contribution in [0.3, 0.4) is 0 Å². The highest BCUT2D eigenvalue weighted by molar-refractivity contribution is 5.19. The van der Waals surface area contributed by atoms with E-state index in [0.29, 0.717) is 0 Å². The van der Waals surface area contributed by atoms with Crippen molar-refractivity contribution in [1.82, 2.24) is 0 Å².